The van der Waals surface area contributed by atoms with Gasteiger partial charge in [0.2, 0.25) is 0 Å². The van der Waals surface area contributed by atoms with Crippen molar-refractivity contribution in [3.63, 3.8) is 0 Å². The average Bonchev–Trinajstić information content (AvgIpc) is 2.40. The van der Waals surface area contributed by atoms with Crippen LogP contribution in [0.3, 0.4) is 0 Å². The second kappa shape index (κ2) is 7.46. The summed E-state index contributed by atoms with van der Waals surface area (Å²) in [4.78, 5) is 0. The van der Waals surface area contributed by atoms with Crippen molar-refractivity contribution in [1.29, 1.82) is 0 Å². The fourth-order valence-corrected chi connectivity index (χ4v) is 2.04. The molecular weight excluding hydrogens is 264 g/mol. The van der Waals surface area contributed by atoms with Crippen LogP contribution in [0.1, 0.15) is 13.8 Å². The Morgan fingerprint density at radius 2 is 1.79 bits per heavy atom. The van der Waals surface area contributed by atoms with Gasteiger partial charge in [-0.3, -0.25) is 0 Å². The van der Waals surface area contributed by atoms with Crippen LogP contribution in [0.5, 0.6) is 11.5 Å². The molecule has 19 heavy (non-hydrogen) atoms. The Balaban J connectivity index is 2.83. The van der Waals surface area contributed by atoms with Gasteiger partial charge in [0.25, 0.3) is 0 Å². The van der Waals surface area contributed by atoms with Gasteiger partial charge in [-0.15, -0.1) is 0 Å². The van der Waals surface area contributed by atoms with Crippen LogP contribution in [-0.4, -0.2) is 27.3 Å². The van der Waals surface area contributed by atoms with Gasteiger partial charge in [-0.05, 0) is 18.4 Å². The highest BCUT2D eigenvalue weighted by Crippen LogP contribution is 2.36. The summed E-state index contributed by atoms with van der Waals surface area (Å²) in [5.41, 5.74) is 6.59. The highest BCUT2D eigenvalue weighted by atomic mass is 35.5. The van der Waals surface area contributed by atoms with Gasteiger partial charge in [-0.1, -0.05) is 25.4 Å². The van der Waals surface area contributed by atoms with E-state index in [0.717, 1.165) is 12.2 Å². The third-order valence-corrected chi connectivity index (χ3v) is 3.59. The van der Waals surface area contributed by atoms with Crippen LogP contribution in [0.25, 0.3) is 0 Å². The van der Waals surface area contributed by atoms with E-state index in [2.05, 4.69) is 19.2 Å². The first-order chi connectivity index (χ1) is 9.03. The molecule has 108 valence electrons. The standard InChI is InChI=1S/C14H23ClN2O2/c1-9(2)10(7-16)8-17-12-6-14(19-4)13(18-3)5-11(12)15/h5-6,9-10,17H,7-8,16H2,1-4H3. The molecule has 0 aromatic heterocycles. The van der Waals surface area contributed by atoms with Gasteiger partial charge in [0.1, 0.15) is 0 Å². The van der Waals surface area contributed by atoms with Gasteiger partial charge in [0, 0.05) is 18.7 Å². The smallest absolute Gasteiger partial charge is 0.162 e. The molecule has 5 heteroatoms. The lowest BCUT2D eigenvalue weighted by molar-refractivity contribution is 0.355. The van der Waals surface area contributed by atoms with Crippen LogP contribution < -0.4 is 20.5 Å². The van der Waals surface area contributed by atoms with Crippen molar-refractivity contribution in [3.05, 3.63) is 17.2 Å². The zero-order valence-electron chi connectivity index (χ0n) is 12.0. The third-order valence-electron chi connectivity index (χ3n) is 3.27. The summed E-state index contributed by atoms with van der Waals surface area (Å²) in [6.07, 6.45) is 0. The number of anilines is 1. The summed E-state index contributed by atoms with van der Waals surface area (Å²) >= 11 is 6.21. The van der Waals surface area contributed by atoms with Crippen LogP contribution in [0, 0.1) is 11.8 Å². The zero-order valence-corrected chi connectivity index (χ0v) is 12.8. The quantitative estimate of drug-likeness (QED) is 0.809. The Kier molecular flexibility index (Phi) is 6.25. The first kappa shape index (κ1) is 15.9. The maximum atomic E-state index is 6.21. The molecule has 0 aliphatic carbocycles. The van der Waals surface area contributed by atoms with Gasteiger partial charge in [-0.25, -0.2) is 0 Å². The molecule has 0 amide bonds. The molecule has 0 saturated carbocycles. The van der Waals surface area contributed by atoms with E-state index in [1.807, 2.05) is 6.07 Å². The SMILES string of the molecule is COc1cc(Cl)c(NCC(CN)C(C)C)cc1OC. The Morgan fingerprint density at radius 3 is 2.26 bits per heavy atom. The fourth-order valence-electron chi connectivity index (χ4n) is 1.82. The van der Waals surface area contributed by atoms with Crippen molar-refractivity contribution < 1.29 is 9.47 Å². The van der Waals surface area contributed by atoms with Crippen molar-refractivity contribution >= 4 is 17.3 Å². The van der Waals surface area contributed by atoms with E-state index in [9.17, 15) is 0 Å². The molecule has 0 aliphatic rings. The number of hydrogen-bond donors (Lipinski definition) is 2. The van der Waals surface area contributed by atoms with Crippen LogP contribution in [0.2, 0.25) is 5.02 Å². The number of hydrogen-bond acceptors (Lipinski definition) is 4. The maximum Gasteiger partial charge on any atom is 0.162 e. The molecule has 1 atom stereocenters. The van der Waals surface area contributed by atoms with Gasteiger partial charge in [-0.2, -0.15) is 0 Å². The van der Waals surface area contributed by atoms with Crippen LogP contribution in [0.4, 0.5) is 5.69 Å². The molecule has 3 N–H and O–H groups in total. The Morgan fingerprint density at radius 1 is 1.21 bits per heavy atom. The van der Waals surface area contributed by atoms with E-state index in [0.29, 0.717) is 34.9 Å². The summed E-state index contributed by atoms with van der Waals surface area (Å²) in [6.45, 7) is 5.75. The molecule has 0 fully saturated rings. The fraction of sp³-hybridized carbons (Fsp3) is 0.571. The summed E-state index contributed by atoms with van der Waals surface area (Å²) in [5.74, 6) is 2.21. The molecule has 1 aromatic rings. The first-order valence-corrected chi connectivity index (χ1v) is 6.76. The third kappa shape index (κ3) is 4.18. The van der Waals surface area contributed by atoms with Crippen LogP contribution in [0.15, 0.2) is 12.1 Å². The predicted molar refractivity (Wildman–Crippen MR) is 80.4 cm³/mol. The normalized spacial score (nSPS) is 12.4. The van der Waals surface area contributed by atoms with E-state index in [-0.39, 0.29) is 0 Å². The van der Waals surface area contributed by atoms with E-state index in [4.69, 9.17) is 26.8 Å². The lowest BCUT2D eigenvalue weighted by Crippen LogP contribution is -2.27. The summed E-state index contributed by atoms with van der Waals surface area (Å²) < 4.78 is 10.5. The number of nitrogens with two attached hydrogens (primary N) is 1. The van der Waals surface area contributed by atoms with Gasteiger partial charge in [0.05, 0.1) is 24.9 Å². The van der Waals surface area contributed by atoms with Gasteiger partial charge >= 0.3 is 0 Å². The highest BCUT2D eigenvalue weighted by molar-refractivity contribution is 6.33. The molecule has 0 spiro atoms. The van der Waals surface area contributed by atoms with Gasteiger partial charge in [0.15, 0.2) is 11.5 Å². The molecule has 0 saturated heterocycles. The van der Waals surface area contributed by atoms with Crippen molar-refractivity contribution in [2.45, 2.75) is 13.8 Å². The Bertz CT molecular complexity index is 411. The van der Waals surface area contributed by atoms with Crippen molar-refractivity contribution in [2.75, 3.05) is 32.6 Å². The Labute approximate surface area is 120 Å². The molecule has 1 unspecified atom stereocenters. The number of methoxy groups -OCH3 is 2. The predicted octanol–water partition coefficient (Wildman–Crippen LogP) is 3.00. The number of benzene rings is 1. The van der Waals surface area contributed by atoms with E-state index >= 15 is 0 Å². The van der Waals surface area contributed by atoms with E-state index < -0.39 is 0 Å². The minimum Gasteiger partial charge on any atom is -0.493 e. The largest absolute Gasteiger partial charge is 0.493 e. The topological polar surface area (TPSA) is 56.5 Å². The molecule has 0 radical (unpaired) electrons. The maximum absolute atomic E-state index is 6.21. The zero-order chi connectivity index (χ0) is 14.4. The van der Waals surface area contributed by atoms with Crippen LogP contribution >= 0.6 is 11.6 Å². The van der Waals surface area contributed by atoms with Crippen molar-refractivity contribution in [2.24, 2.45) is 17.6 Å². The van der Waals surface area contributed by atoms with Crippen molar-refractivity contribution in [1.82, 2.24) is 0 Å². The lowest BCUT2D eigenvalue weighted by atomic mass is 9.96. The average molecular weight is 287 g/mol. The summed E-state index contributed by atoms with van der Waals surface area (Å²) in [5, 5.41) is 3.93. The van der Waals surface area contributed by atoms with Gasteiger partial charge < -0.3 is 20.5 Å². The molecule has 0 bridgehead atoms. The minimum absolute atomic E-state index is 0.407. The highest BCUT2D eigenvalue weighted by Gasteiger charge is 2.14. The molecule has 0 heterocycles. The summed E-state index contributed by atoms with van der Waals surface area (Å²) in [7, 11) is 3.19. The number of nitrogens with one attached hydrogen (secondary N) is 1. The van der Waals surface area contributed by atoms with E-state index in [1.165, 1.54) is 0 Å². The van der Waals surface area contributed by atoms with Crippen molar-refractivity contribution in [3.8, 4) is 11.5 Å². The number of halogens is 1. The molecule has 4 nitrogen and oxygen atoms in total. The molecule has 1 rings (SSSR count). The number of ether oxygens (including phenoxy) is 2. The first-order valence-electron chi connectivity index (χ1n) is 6.38. The van der Waals surface area contributed by atoms with Crippen LogP contribution in [-0.2, 0) is 0 Å². The monoisotopic (exact) mass is 286 g/mol. The minimum atomic E-state index is 0.407. The summed E-state index contributed by atoms with van der Waals surface area (Å²) in [6, 6.07) is 3.59. The molecule has 1 aromatic carbocycles. The Hall–Kier alpha value is -1.13. The second-order valence-corrected chi connectivity index (χ2v) is 5.21. The molecular formula is C14H23ClN2O2. The number of rotatable bonds is 7. The van der Waals surface area contributed by atoms with E-state index in [1.54, 1.807) is 20.3 Å². The molecule has 0 aliphatic heterocycles. The second-order valence-electron chi connectivity index (χ2n) is 4.81. The lowest BCUT2D eigenvalue weighted by Gasteiger charge is -2.21.